The van der Waals surface area contributed by atoms with Gasteiger partial charge < -0.3 is 14.0 Å². The van der Waals surface area contributed by atoms with Gasteiger partial charge in [-0.15, -0.1) is 0 Å². The Morgan fingerprint density at radius 3 is 2.37 bits per heavy atom. The predicted octanol–water partition coefficient (Wildman–Crippen LogP) is 5.53. The van der Waals surface area contributed by atoms with Gasteiger partial charge in [0.05, 0.1) is 23.9 Å². The van der Waals surface area contributed by atoms with Crippen molar-refractivity contribution in [1.29, 1.82) is 0 Å². The Morgan fingerprint density at radius 1 is 1.07 bits per heavy atom. The summed E-state index contributed by atoms with van der Waals surface area (Å²) in [5.74, 6) is 0. The molecule has 2 fully saturated rings. The number of aryl methyl sites for hydroxylation is 1. The number of rotatable bonds is 7. The standard InChI is InChI=1S/C23H35BO3/c1-6-7-13-20(24-26-22(2,3)23(4,5)27-24)19-16-17-25-21(19)15-14-18-11-9-8-10-12-18/h8-12,21H,6-7,13-17H2,1-5H3/b20-19+. The topological polar surface area (TPSA) is 27.7 Å². The lowest BCUT2D eigenvalue weighted by Gasteiger charge is -2.32. The predicted molar refractivity (Wildman–Crippen MR) is 112 cm³/mol. The number of hydrogen-bond acceptors (Lipinski definition) is 3. The van der Waals surface area contributed by atoms with E-state index in [1.54, 1.807) is 0 Å². The van der Waals surface area contributed by atoms with Crippen LogP contribution in [-0.4, -0.2) is 31.0 Å². The highest BCUT2D eigenvalue weighted by atomic mass is 16.7. The van der Waals surface area contributed by atoms with Gasteiger partial charge in [-0.25, -0.2) is 0 Å². The van der Waals surface area contributed by atoms with Crippen molar-refractivity contribution in [2.45, 2.75) is 90.4 Å². The first-order valence-electron chi connectivity index (χ1n) is 10.6. The zero-order chi connectivity index (χ0) is 19.5. The van der Waals surface area contributed by atoms with Gasteiger partial charge >= 0.3 is 7.12 Å². The van der Waals surface area contributed by atoms with E-state index in [0.29, 0.717) is 0 Å². The van der Waals surface area contributed by atoms with E-state index in [1.807, 2.05) is 0 Å². The molecule has 0 aliphatic carbocycles. The molecule has 0 amide bonds. The molecule has 0 aromatic heterocycles. The highest BCUT2D eigenvalue weighted by Gasteiger charge is 2.53. The van der Waals surface area contributed by atoms with Crippen molar-refractivity contribution in [2.24, 2.45) is 0 Å². The van der Waals surface area contributed by atoms with E-state index in [1.165, 1.54) is 23.0 Å². The van der Waals surface area contributed by atoms with E-state index in [9.17, 15) is 0 Å². The molecular formula is C23H35BO3. The monoisotopic (exact) mass is 370 g/mol. The van der Waals surface area contributed by atoms with Crippen molar-refractivity contribution < 1.29 is 14.0 Å². The molecule has 1 atom stereocenters. The lowest BCUT2D eigenvalue weighted by atomic mass is 9.71. The first-order chi connectivity index (χ1) is 12.8. The van der Waals surface area contributed by atoms with Gasteiger partial charge in [0.15, 0.2) is 0 Å². The van der Waals surface area contributed by atoms with Gasteiger partial charge in [0.25, 0.3) is 0 Å². The van der Waals surface area contributed by atoms with Crippen LogP contribution in [0.2, 0.25) is 0 Å². The highest BCUT2D eigenvalue weighted by Crippen LogP contribution is 2.41. The average Bonchev–Trinajstić information content (AvgIpc) is 3.16. The smallest absolute Gasteiger partial charge is 0.400 e. The maximum atomic E-state index is 6.41. The lowest BCUT2D eigenvalue weighted by Crippen LogP contribution is -2.41. The zero-order valence-electron chi connectivity index (χ0n) is 17.7. The molecule has 1 aromatic rings. The fourth-order valence-corrected chi connectivity index (χ4v) is 3.92. The summed E-state index contributed by atoms with van der Waals surface area (Å²) in [6.45, 7) is 11.6. The Morgan fingerprint density at radius 2 is 1.74 bits per heavy atom. The first kappa shape index (κ1) is 20.6. The van der Waals surface area contributed by atoms with Crippen LogP contribution in [0.3, 0.4) is 0 Å². The summed E-state index contributed by atoms with van der Waals surface area (Å²) in [6, 6.07) is 10.7. The number of benzene rings is 1. The molecule has 0 saturated carbocycles. The van der Waals surface area contributed by atoms with Crippen LogP contribution in [0.1, 0.15) is 72.3 Å². The Hall–Kier alpha value is -1.10. The van der Waals surface area contributed by atoms with Crippen LogP contribution in [0.15, 0.2) is 41.4 Å². The molecule has 4 heteroatoms. The third-order valence-electron chi connectivity index (χ3n) is 6.37. The SMILES string of the molecule is CCCC/C(B1OC(C)(C)C(C)(C)O1)=C1/CCOC1CCc1ccccc1. The van der Waals surface area contributed by atoms with E-state index in [4.69, 9.17) is 14.0 Å². The Kier molecular flexibility index (Phi) is 6.50. The summed E-state index contributed by atoms with van der Waals surface area (Å²) in [6.07, 6.45) is 6.63. The van der Waals surface area contributed by atoms with E-state index in [2.05, 4.69) is 65.0 Å². The van der Waals surface area contributed by atoms with Crippen molar-refractivity contribution in [2.75, 3.05) is 6.61 Å². The molecule has 3 nitrogen and oxygen atoms in total. The van der Waals surface area contributed by atoms with Crippen molar-refractivity contribution >= 4 is 7.12 Å². The van der Waals surface area contributed by atoms with Gasteiger partial charge in [-0.2, -0.15) is 0 Å². The fourth-order valence-electron chi connectivity index (χ4n) is 3.92. The molecule has 1 unspecified atom stereocenters. The summed E-state index contributed by atoms with van der Waals surface area (Å²) in [5.41, 5.74) is 3.55. The molecular weight excluding hydrogens is 335 g/mol. The summed E-state index contributed by atoms with van der Waals surface area (Å²) < 4.78 is 19.0. The van der Waals surface area contributed by atoms with Gasteiger partial charge in [-0.05, 0) is 70.0 Å². The maximum Gasteiger partial charge on any atom is 0.490 e. The van der Waals surface area contributed by atoms with Crippen LogP contribution in [-0.2, 0) is 20.5 Å². The lowest BCUT2D eigenvalue weighted by molar-refractivity contribution is 0.00578. The number of unbranched alkanes of at least 4 members (excludes halogenated alkanes) is 1. The van der Waals surface area contributed by atoms with Crippen LogP contribution < -0.4 is 0 Å². The van der Waals surface area contributed by atoms with Crippen molar-refractivity contribution in [3.05, 3.63) is 46.9 Å². The van der Waals surface area contributed by atoms with E-state index in [-0.39, 0.29) is 24.4 Å². The van der Waals surface area contributed by atoms with Gasteiger partial charge in [0.1, 0.15) is 0 Å². The molecule has 2 heterocycles. The minimum atomic E-state index is -0.297. The molecule has 2 saturated heterocycles. The maximum absolute atomic E-state index is 6.41. The normalized spacial score (nSPS) is 25.8. The summed E-state index contributed by atoms with van der Waals surface area (Å²) in [5, 5.41) is 0. The van der Waals surface area contributed by atoms with Crippen LogP contribution >= 0.6 is 0 Å². The molecule has 148 valence electrons. The summed E-state index contributed by atoms with van der Waals surface area (Å²) >= 11 is 0. The minimum Gasteiger partial charge on any atom is -0.400 e. The minimum absolute atomic E-state index is 0.191. The summed E-state index contributed by atoms with van der Waals surface area (Å²) in [7, 11) is -0.238. The van der Waals surface area contributed by atoms with E-state index >= 15 is 0 Å². The third-order valence-corrected chi connectivity index (χ3v) is 6.37. The number of allylic oxidation sites excluding steroid dienone is 1. The molecule has 0 spiro atoms. The van der Waals surface area contributed by atoms with Gasteiger partial charge in [-0.1, -0.05) is 50.1 Å². The number of ether oxygens (including phenoxy) is 1. The molecule has 2 aliphatic heterocycles. The molecule has 0 N–H and O–H groups in total. The summed E-state index contributed by atoms with van der Waals surface area (Å²) in [4.78, 5) is 0. The zero-order valence-corrected chi connectivity index (χ0v) is 17.7. The first-order valence-corrected chi connectivity index (χ1v) is 10.6. The molecule has 2 aliphatic rings. The van der Waals surface area contributed by atoms with E-state index < -0.39 is 0 Å². The van der Waals surface area contributed by atoms with Crippen molar-refractivity contribution in [1.82, 2.24) is 0 Å². The van der Waals surface area contributed by atoms with Crippen molar-refractivity contribution in [3.63, 3.8) is 0 Å². The van der Waals surface area contributed by atoms with Crippen molar-refractivity contribution in [3.8, 4) is 0 Å². The van der Waals surface area contributed by atoms with Crippen LogP contribution in [0, 0.1) is 0 Å². The molecule has 1 aromatic carbocycles. The molecule has 3 rings (SSSR count). The second-order valence-corrected chi connectivity index (χ2v) is 8.88. The van der Waals surface area contributed by atoms with Gasteiger partial charge in [0, 0.05) is 0 Å². The van der Waals surface area contributed by atoms with Gasteiger partial charge in [-0.3, -0.25) is 0 Å². The highest BCUT2D eigenvalue weighted by molar-refractivity contribution is 6.54. The van der Waals surface area contributed by atoms with Gasteiger partial charge in [0.2, 0.25) is 0 Å². The van der Waals surface area contributed by atoms with E-state index in [0.717, 1.165) is 38.7 Å². The second-order valence-electron chi connectivity index (χ2n) is 8.88. The van der Waals surface area contributed by atoms with Crippen LogP contribution in [0.4, 0.5) is 0 Å². The molecule has 27 heavy (non-hydrogen) atoms. The quantitative estimate of drug-likeness (QED) is 0.591. The fraction of sp³-hybridized carbons (Fsp3) is 0.652. The third kappa shape index (κ3) is 4.67. The number of hydrogen-bond donors (Lipinski definition) is 0. The Bertz CT molecular complexity index is 635. The van der Waals surface area contributed by atoms with Crippen LogP contribution in [0.25, 0.3) is 0 Å². The van der Waals surface area contributed by atoms with Crippen LogP contribution in [0.5, 0.6) is 0 Å². The Balaban J connectivity index is 1.80. The molecule has 0 radical (unpaired) electrons. The average molecular weight is 370 g/mol. The largest absolute Gasteiger partial charge is 0.490 e. The molecule has 0 bridgehead atoms. The second kappa shape index (κ2) is 8.51. The Labute approximate surface area is 165 Å².